The maximum absolute atomic E-state index is 12.0. The fourth-order valence-corrected chi connectivity index (χ4v) is 2.30. The molecule has 0 saturated heterocycles. The van der Waals surface area contributed by atoms with E-state index in [1.807, 2.05) is 24.3 Å². The Morgan fingerprint density at radius 3 is 2.60 bits per heavy atom. The normalized spacial score (nSPS) is 12.2. The Kier molecular flexibility index (Phi) is 7.09. The van der Waals surface area contributed by atoms with Gasteiger partial charge in [0.05, 0.1) is 12.8 Å². The van der Waals surface area contributed by atoms with Crippen molar-refractivity contribution in [2.45, 2.75) is 33.1 Å². The first-order valence-corrected chi connectivity index (χ1v) is 7.21. The number of amides is 1. The Bertz CT molecular complexity index is 419. The third-order valence-corrected chi connectivity index (χ3v) is 3.60. The number of nitrogens with one attached hydrogen (secondary N) is 1. The van der Waals surface area contributed by atoms with E-state index in [-0.39, 0.29) is 5.91 Å². The highest BCUT2D eigenvalue weighted by atomic mass is 16.5. The molecule has 1 aromatic carbocycles. The van der Waals surface area contributed by atoms with Crippen LogP contribution in [0, 0.1) is 11.8 Å². The molecule has 1 rings (SSSR count). The zero-order valence-electron chi connectivity index (χ0n) is 12.7. The number of hydrogen-bond acceptors (Lipinski definition) is 3. The van der Waals surface area contributed by atoms with Gasteiger partial charge in [-0.3, -0.25) is 4.79 Å². The van der Waals surface area contributed by atoms with E-state index in [0.717, 1.165) is 18.5 Å². The zero-order valence-corrected chi connectivity index (χ0v) is 12.7. The van der Waals surface area contributed by atoms with Crippen LogP contribution in [0.5, 0.6) is 5.75 Å². The summed E-state index contributed by atoms with van der Waals surface area (Å²) in [6, 6.07) is 7.44. The monoisotopic (exact) mass is 278 g/mol. The molecule has 0 saturated carbocycles. The predicted octanol–water partition coefficient (Wildman–Crippen LogP) is 3.03. The van der Waals surface area contributed by atoms with Crippen LogP contribution < -0.4 is 15.8 Å². The fourth-order valence-electron chi connectivity index (χ4n) is 2.30. The van der Waals surface area contributed by atoms with Gasteiger partial charge in [-0.1, -0.05) is 26.0 Å². The minimum absolute atomic E-state index is 0.0252. The van der Waals surface area contributed by atoms with Gasteiger partial charge in [0, 0.05) is 6.42 Å². The van der Waals surface area contributed by atoms with Gasteiger partial charge in [0.2, 0.25) is 5.91 Å². The van der Waals surface area contributed by atoms with Crippen molar-refractivity contribution < 1.29 is 9.53 Å². The Labute approximate surface area is 121 Å². The van der Waals surface area contributed by atoms with E-state index in [1.165, 1.54) is 0 Å². The SMILES string of the molecule is COc1ccccc1NC(=O)CCC(CCN)C(C)C. The van der Waals surface area contributed by atoms with Crippen LogP contribution in [0.4, 0.5) is 5.69 Å². The summed E-state index contributed by atoms with van der Waals surface area (Å²) >= 11 is 0. The van der Waals surface area contributed by atoms with Gasteiger partial charge >= 0.3 is 0 Å². The summed E-state index contributed by atoms with van der Waals surface area (Å²) < 4.78 is 5.22. The topological polar surface area (TPSA) is 64.3 Å². The van der Waals surface area contributed by atoms with E-state index in [4.69, 9.17) is 10.5 Å². The third-order valence-electron chi connectivity index (χ3n) is 3.60. The van der Waals surface area contributed by atoms with Crippen LogP contribution in [0.15, 0.2) is 24.3 Å². The number of hydrogen-bond donors (Lipinski definition) is 2. The van der Waals surface area contributed by atoms with Crippen molar-refractivity contribution in [3.05, 3.63) is 24.3 Å². The lowest BCUT2D eigenvalue weighted by Gasteiger charge is -2.19. The van der Waals surface area contributed by atoms with E-state index in [0.29, 0.717) is 30.6 Å². The molecule has 1 amide bonds. The van der Waals surface area contributed by atoms with Crippen molar-refractivity contribution in [1.29, 1.82) is 0 Å². The summed E-state index contributed by atoms with van der Waals surface area (Å²) in [6.45, 7) is 5.04. The van der Waals surface area contributed by atoms with Crippen LogP contribution in [0.25, 0.3) is 0 Å². The first kappa shape index (κ1) is 16.5. The van der Waals surface area contributed by atoms with Crippen LogP contribution in [0.1, 0.15) is 33.1 Å². The lowest BCUT2D eigenvalue weighted by atomic mass is 9.88. The largest absolute Gasteiger partial charge is 0.495 e. The standard InChI is InChI=1S/C16H26N2O2/c1-12(2)13(10-11-17)8-9-16(19)18-14-6-4-5-7-15(14)20-3/h4-7,12-13H,8-11,17H2,1-3H3,(H,18,19). The van der Waals surface area contributed by atoms with Crippen LogP contribution in [-0.2, 0) is 4.79 Å². The number of benzene rings is 1. The number of para-hydroxylation sites is 2. The van der Waals surface area contributed by atoms with Crippen LogP contribution in [0.3, 0.4) is 0 Å². The Morgan fingerprint density at radius 1 is 1.30 bits per heavy atom. The molecule has 112 valence electrons. The van der Waals surface area contributed by atoms with Gasteiger partial charge in [0.1, 0.15) is 5.75 Å². The molecule has 1 atom stereocenters. The predicted molar refractivity (Wildman–Crippen MR) is 82.9 cm³/mol. The van der Waals surface area contributed by atoms with Crippen LogP contribution in [0.2, 0.25) is 0 Å². The average molecular weight is 278 g/mol. The van der Waals surface area contributed by atoms with Crippen LogP contribution in [-0.4, -0.2) is 19.6 Å². The Morgan fingerprint density at radius 2 is 2.00 bits per heavy atom. The molecule has 0 bridgehead atoms. The molecular formula is C16H26N2O2. The molecule has 0 heterocycles. The molecular weight excluding hydrogens is 252 g/mol. The molecule has 4 nitrogen and oxygen atoms in total. The molecule has 0 spiro atoms. The van der Waals surface area contributed by atoms with Gasteiger partial charge in [-0.2, -0.15) is 0 Å². The lowest BCUT2D eigenvalue weighted by Crippen LogP contribution is -2.18. The fraction of sp³-hybridized carbons (Fsp3) is 0.562. The summed E-state index contributed by atoms with van der Waals surface area (Å²) in [5.41, 5.74) is 6.34. The maximum Gasteiger partial charge on any atom is 0.224 e. The molecule has 0 aliphatic heterocycles. The number of nitrogens with two attached hydrogens (primary N) is 1. The summed E-state index contributed by atoms with van der Waals surface area (Å²) in [5, 5.41) is 2.90. The molecule has 0 aromatic heterocycles. The van der Waals surface area contributed by atoms with Crippen molar-refractivity contribution in [3.63, 3.8) is 0 Å². The number of rotatable bonds is 8. The van der Waals surface area contributed by atoms with E-state index in [9.17, 15) is 4.79 Å². The smallest absolute Gasteiger partial charge is 0.224 e. The van der Waals surface area contributed by atoms with Crippen molar-refractivity contribution in [2.24, 2.45) is 17.6 Å². The maximum atomic E-state index is 12.0. The minimum atomic E-state index is 0.0252. The van der Waals surface area contributed by atoms with Gasteiger partial charge in [-0.15, -0.1) is 0 Å². The highest BCUT2D eigenvalue weighted by Gasteiger charge is 2.15. The first-order chi connectivity index (χ1) is 9.58. The van der Waals surface area contributed by atoms with Gasteiger partial charge in [0.15, 0.2) is 0 Å². The van der Waals surface area contributed by atoms with E-state index >= 15 is 0 Å². The van der Waals surface area contributed by atoms with Crippen molar-refractivity contribution in [2.75, 3.05) is 19.0 Å². The van der Waals surface area contributed by atoms with E-state index in [2.05, 4.69) is 19.2 Å². The highest BCUT2D eigenvalue weighted by Crippen LogP contribution is 2.24. The lowest BCUT2D eigenvalue weighted by molar-refractivity contribution is -0.116. The Balaban J connectivity index is 2.51. The van der Waals surface area contributed by atoms with Gasteiger partial charge in [-0.25, -0.2) is 0 Å². The summed E-state index contributed by atoms with van der Waals surface area (Å²) in [7, 11) is 1.60. The number of carbonyl (C=O) groups is 1. The number of ether oxygens (including phenoxy) is 1. The van der Waals surface area contributed by atoms with Crippen molar-refractivity contribution in [1.82, 2.24) is 0 Å². The van der Waals surface area contributed by atoms with Crippen molar-refractivity contribution in [3.8, 4) is 5.75 Å². The molecule has 20 heavy (non-hydrogen) atoms. The molecule has 3 N–H and O–H groups in total. The second-order valence-corrected chi connectivity index (χ2v) is 5.37. The third kappa shape index (κ3) is 5.21. The van der Waals surface area contributed by atoms with Crippen molar-refractivity contribution >= 4 is 11.6 Å². The van der Waals surface area contributed by atoms with E-state index in [1.54, 1.807) is 7.11 Å². The van der Waals surface area contributed by atoms with Crippen LogP contribution >= 0.6 is 0 Å². The summed E-state index contributed by atoms with van der Waals surface area (Å²) in [5.74, 6) is 1.77. The second-order valence-electron chi connectivity index (χ2n) is 5.37. The van der Waals surface area contributed by atoms with Gasteiger partial charge < -0.3 is 15.8 Å². The summed E-state index contributed by atoms with van der Waals surface area (Å²) in [6.07, 6.45) is 2.36. The van der Waals surface area contributed by atoms with E-state index < -0.39 is 0 Å². The molecule has 0 fully saturated rings. The minimum Gasteiger partial charge on any atom is -0.495 e. The summed E-state index contributed by atoms with van der Waals surface area (Å²) in [4.78, 5) is 12.0. The number of anilines is 1. The quantitative estimate of drug-likeness (QED) is 0.768. The number of methoxy groups -OCH3 is 1. The first-order valence-electron chi connectivity index (χ1n) is 7.21. The molecule has 0 aliphatic carbocycles. The highest BCUT2D eigenvalue weighted by molar-refractivity contribution is 5.92. The molecule has 4 heteroatoms. The second kappa shape index (κ2) is 8.59. The average Bonchev–Trinajstić information content (AvgIpc) is 2.43. The molecule has 0 radical (unpaired) electrons. The molecule has 1 aromatic rings. The number of carbonyl (C=O) groups excluding carboxylic acids is 1. The molecule has 0 aliphatic rings. The van der Waals surface area contributed by atoms with Gasteiger partial charge in [-0.05, 0) is 43.4 Å². The van der Waals surface area contributed by atoms with Gasteiger partial charge in [0.25, 0.3) is 0 Å². The zero-order chi connectivity index (χ0) is 15.0. The Hall–Kier alpha value is -1.55. The molecule has 1 unspecified atom stereocenters.